The minimum absolute atomic E-state index is 0.0195. The summed E-state index contributed by atoms with van der Waals surface area (Å²) in [6.45, 7) is 3.44. The van der Waals surface area contributed by atoms with Gasteiger partial charge in [-0.05, 0) is 29.8 Å². The van der Waals surface area contributed by atoms with Gasteiger partial charge in [-0.1, -0.05) is 36.9 Å². The summed E-state index contributed by atoms with van der Waals surface area (Å²) in [5.74, 6) is 0.0988. The molecule has 0 amide bonds. The van der Waals surface area contributed by atoms with Crippen LogP contribution in [0.3, 0.4) is 0 Å². The molecule has 5 nitrogen and oxygen atoms in total. The minimum Gasteiger partial charge on any atom is -0.497 e. The third-order valence-corrected chi connectivity index (χ3v) is 4.23. The predicted molar refractivity (Wildman–Crippen MR) is 92.1 cm³/mol. The number of rotatable bonds is 5. The van der Waals surface area contributed by atoms with Crippen molar-refractivity contribution in [3.63, 3.8) is 0 Å². The van der Waals surface area contributed by atoms with Crippen LogP contribution in [-0.2, 0) is 14.9 Å². The molecular formula is C20H18O5. The molecule has 0 bridgehead atoms. The number of hydrogen-bond acceptors (Lipinski definition) is 5. The average Bonchev–Trinajstić information content (AvgIpc) is 2.67. The van der Waals surface area contributed by atoms with E-state index in [9.17, 15) is 9.59 Å². The predicted octanol–water partition coefficient (Wildman–Crippen LogP) is 2.94. The van der Waals surface area contributed by atoms with Gasteiger partial charge in [0, 0.05) is 0 Å². The van der Waals surface area contributed by atoms with Crippen molar-refractivity contribution in [2.24, 2.45) is 0 Å². The lowest BCUT2D eigenvalue weighted by Crippen LogP contribution is -2.52. The standard InChI is InChI=1S/C20H18O5/c1-3-12-24-19(22)20(14-8-10-15(23-2)11-9-14)13-25-17-7-5-4-6-16(17)18(20)21/h3-11H,1,12-13H2,2H3. The normalized spacial score (nSPS) is 18.7. The Labute approximate surface area is 145 Å². The van der Waals surface area contributed by atoms with Gasteiger partial charge >= 0.3 is 5.97 Å². The van der Waals surface area contributed by atoms with Crippen LogP contribution >= 0.6 is 0 Å². The molecule has 128 valence electrons. The van der Waals surface area contributed by atoms with Crippen molar-refractivity contribution in [2.75, 3.05) is 20.3 Å². The van der Waals surface area contributed by atoms with Gasteiger partial charge in [-0.15, -0.1) is 0 Å². The molecule has 2 aromatic carbocycles. The third kappa shape index (κ3) is 2.78. The van der Waals surface area contributed by atoms with Crippen LogP contribution in [0.2, 0.25) is 0 Å². The zero-order chi connectivity index (χ0) is 17.9. The number of ether oxygens (including phenoxy) is 3. The third-order valence-electron chi connectivity index (χ3n) is 4.23. The number of para-hydroxylation sites is 1. The molecular weight excluding hydrogens is 320 g/mol. The highest BCUT2D eigenvalue weighted by atomic mass is 16.5. The van der Waals surface area contributed by atoms with E-state index in [-0.39, 0.29) is 19.0 Å². The summed E-state index contributed by atoms with van der Waals surface area (Å²) in [6, 6.07) is 13.6. The van der Waals surface area contributed by atoms with Crippen LogP contribution < -0.4 is 9.47 Å². The highest BCUT2D eigenvalue weighted by Crippen LogP contribution is 2.38. The zero-order valence-electron chi connectivity index (χ0n) is 13.9. The van der Waals surface area contributed by atoms with Gasteiger partial charge in [0.15, 0.2) is 11.2 Å². The maximum absolute atomic E-state index is 13.3. The van der Waals surface area contributed by atoms with Crippen molar-refractivity contribution in [1.29, 1.82) is 0 Å². The molecule has 0 aromatic heterocycles. The summed E-state index contributed by atoms with van der Waals surface area (Å²) in [6.07, 6.45) is 1.46. The lowest BCUT2D eigenvalue weighted by atomic mass is 9.73. The number of ketones is 1. The molecule has 0 saturated carbocycles. The zero-order valence-corrected chi connectivity index (χ0v) is 13.9. The SMILES string of the molecule is C=CCOC(=O)C1(c2ccc(OC)cc2)COc2ccccc2C1=O. The van der Waals surface area contributed by atoms with E-state index < -0.39 is 11.4 Å². The fourth-order valence-corrected chi connectivity index (χ4v) is 2.88. The number of methoxy groups -OCH3 is 1. The van der Waals surface area contributed by atoms with Crippen LogP contribution in [0.15, 0.2) is 61.2 Å². The van der Waals surface area contributed by atoms with Gasteiger partial charge in [0.05, 0.1) is 12.7 Å². The quantitative estimate of drug-likeness (QED) is 0.476. The van der Waals surface area contributed by atoms with Gasteiger partial charge in [-0.3, -0.25) is 9.59 Å². The van der Waals surface area contributed by atoms with Gasteiger partial charge in [-0.25, -0.2) is 0 Å². The Kier molecular flexibility index (Phi) is 4.57. The molecule has 1 aliphatic rings. The molecule has 5 heteroatoms. The smallest absolute Gasteiger partial charge is 0.328 e. The number of benzene rings is 2. The van der Waals surface area contributed by atoms with Crippen molar-refractivity contribution in [2.45, 2.75) is 5.41 Å². The number of fused-ring (bicyclic) bond motifs is 1. The number of hydrogen-bond donors (Lipinski definition) is 0. The molecule has 1 heterocycles. The van der Waals surface area contributed by atoms with Crippen LogP contribution in [0.25, 0.3) is 0 Å². The van der Waals surface area contributed by atoms with Crippen molar-refractivity contribution < 1.29 is 23.8 Å². The highest BCUT2D eigenvalue weighted by Gasteiger charge is 2.53. The molecule has 0 N–H and O–H groups in total. The molecule has 1 unspecified atom stereocenters. The Morgan fingerprint density at radius 1 is 1.24 bits per heavy atom. The van der Waals surface area contributed by atoms with E-state index in [1.54, 1.807) is 55.6 Å². The Bertz CT molecular complexity index is 809. The van der Waals surface area contributed by atoms with E-state index in [0.717, 1.165) is 0 Å². The first-order chi connectivity index (χ1) is 12.1. The van der Waals surface area contributed by atoms with Crippen molar-refractivity contribution in [1.82, 2.24) is 0 Å². The van der Waals surface area contributed by atoms with Crippen molar-refractivity contribution in [3.05, 3.63) is 72.3 Å². The van der Waals surface area contributed by atoms with Crippen molar-refractivity contribution in [3.8, 4) is 11.5 Å². The van der Waals surface area contributed by atoms with Crippen LogP contribution in [0, 0.1) is 0 Å². The number of Topliss-reactive ketones (excluding diaryl/α,β-unsaturated/α-hetero) is 1. The number of carbonyl (C=O) groups is 2. The van der Waals surface area contributed by atoms with E-state index >= 15 is 0 Å². The van der Waals surface area contributed by atoms with Crippen molar-refractivity contribution >= 4 is 11.8 Å². The summed E-state index contributed by atoms with van der Waals surface area (Å²) in [5, 5.41) is 0. The molecule has 25 heavy (non-hydrogen) atoms. The largest absolute Gasteiger partial charge is 0.497 e. The fourth-order valence-electron chi connectivity index (χ4n) is 2.88. The molecule has 3 rings (SSSR count). The Morgan fingerprint density at radius 2 is 1.96 bits per heavy atom. The van der Waals surface area contributed by atoms with E-state index in [0.29, 0.717) is 22.6 Å². The van der Waals surface area contributed by atoms with Crippen LogP contribution in [0.1, 0.15) is 15.9 Å². The van der Waals surface area contributed by atoms with E-state index in [1.807, 2.05) is 0 Å². The maximum atomic E-state index is 13.3. The second-order valence-corrected chi connectivity index (χ2v) is 5.63. The highest BCUT2D eigenvalue weighted by molar-refractivity contribution is 6.19. The van der Waals surface area contributed by atoms with E-state index in [1.165, 1.54) is 6.08 Å². The molecule has 0 radical (unpaired) electrons. The fraction of sp³-hybridized carbons (Fsp3) is 0.200. The molecule has 2 aromatic rings. The number of carbonyl (C=O) groups excluding carboxylic acids is 2. The first-order valence-electron chi connectivity index (χ1n) is 7.82. The van der Waals surface area contributed by atoms with Crippen LogP contribution in [-0.4, -0.2) is 32.1 Å². The topological polar surface area (TPSA) is 61.8 Å². The van der Waals surface area contributed by atoms with Gasteiger partial charge in [0.1, 0.15) is 24.7 Å². The Hall–Kier alpha value is -3.08. The number of esters is 1. The first kappa shape index (κ1) is 16.8. The summed E-state index contributed by atoms with van der Waals surface area (Å²) in [4.78, 5) is 26.1. The van der Waals surface area contributed by atoms with Gasteiger partial charge < -0.3 is 14.2 Å². The molecule has 1 aliphatic heterocycles. The Balaban J connectivity index is 2.11. The lowest BCUT2D eigenvalue weighted by molar-refractivity contribution is -0.148. The van der Waals surface area contributed by atoms with Gasteiger partial charge in [0.25, 0.3) is 0 Å². The summed E-state index contributed by atoms with van der Waals surface area (Å²) < 4.78 is 16.1. The second-order valence-electron chi connectivity index (χ2n) is 5.63. The molecule has 0 saturated heterocycles. The monoisotopic (exact) mass is 338 g/mol. The van der Waals surface area contributed by atoms with Crippen LogP contribution in [0.5, 0.6) is 11.5 Å². The minimum atomic E-state index is -1.55. The summed E-state index contributed by atoms with van der Waals surface area (Å²) in [5.41, 5.74) is -0.689. The van der Waals surface area contributed by atoms with Gasteiger partial charge in [0.2, 0.25) is 0 Å². The molecule has 1 atom stereocenters. The first-order valence-corrected chi connectivity index (χ1v) is 7.82. The van der Waals surface area contributed by atoms with E-state index in [2.05, 4.69) is 6.58 Å². The maximum Gasteiger partial charge on any atom is 0.328 e. The van der Waals surface area contributed by atoms with E-state index in [4.69, 9.17) is 14.2 Å². The summed E-state index contributed by atoms with van der Waals surface area (Å²) in [7, 11) is 1.55. The molecule has 0 spiro atoms. The molecule has 0 fully saturated rings. The second kappa shape index (κ2) is 6.81. The van der Waals surface area contributed by atoms with Crippen LogP contribution in [0.4, 0.5) is 0 Å². The molecule has 0 aliphatic carbocycles. The summed E-state index contributed by atoms with van der Waals surface area (Å²) >= 11 is 0. The Morgan fingerprint density at radius 3 is 2.64 bits per heavy atom. The average molecular weight is 338 g/mol. The van der Waals surface area contributed by atoms with Gasteiger partial charge in [-0.2, -0.15) is 0 Å². The lowest BCUT2D eigenvalue weighted by Gasteiger charge is -2.34.